The number of nitrogens with zero attached hydrogens (tertiary/aromatic N) is 2. The van der Waals surface area contributed by atoms with Gasteiger partial charge in [0.2, 0.25) is 12.7 Å². The molecule has 0 radical (unpaired) electrons. The zero-order chi connectivity index (χ0) is 28.2. The Morgan fingerprint density at radius 3 is 2.32 bits per heavy atom. The molecular weight excluding hydrogens is 472 g/mol. The number of ether oxygens (including phenoxy) is 3. The number of carboxylic acid groups (broad SMARTS) is 1. The van der Waals surface area contributed by atoms with Crippen molar-refractivity contribution in [1.29, 1.82) is 0 Å². The van der Waals surface area contributed by atoms with Crippen LogP contribution >= 0.6 is 0 Å². The number of carbonyl (C=O) groups excluding carboxylic acids is 1. The second-order valence-corrected chi connectivity index (χ2v) is 9.70. The molecule has 2 aliphatic heterocycles. The standard InChI is InChI=1S/C29H38N2O6/c1-4-6-14-30(15-7-5-2)26(32)18-31-17-23(21-10-13-24-25(16-21)37-19-36-24)27(29(33)34)28(31)20-8-11-22(35-3)12-9-20/h8-13,16,23,27-28H,4-7,14-15,17-19H2,1-3H3,(H,33,34)/t23-,27?,28+/m1/s1/i19D2. The van der Waals surface area contributed by atoms with Crippen molar-refractivity contribution >= 4 is 11.9 Å². The molecule has 0 bridgehead atoms. The molecule has 1 N–H and O–H groups in total. The van der Waals surface area contributed by atoms with Gasteiger partial charge in [0, 0.05) is 31.6 Å². The summed E-state index contributed by atoms with van der Waals surface area (Å²) in [5.74, 6) is -1.09. The highest BCUT2D eigenvalue weighted by Crippen LogP contribution is 2.47. The quantitative estimate of drug-likeness (QED) is 0.441. The highest BCUT2D eigenvalue weighted by atomic mass is 16.7. The van der Waals surface area contributed by atoms with E-state index in [0.717, 1.165) is 31.2 Å². The van der Waals surface area contributed by atoms with Crippen LogP contribution in [0.15, 0.2) is 42.5 Å². The maximum atomic E-state index is 13.6. The van der Waals surface area contributed by atoms with E-state index in [0.29, 0.717) is 30.9 Å². The molecule has 200 valence electrons. The Hall–Kier alpha value is -3.26. The third-order valence-electron chi connectivity index (χ3n) is 7.29. The van der Waals surface area contributed by atoms with Crippen molar-refractivity contribution in [3.63, 3.8) is 0 Å². The first kappa shape index (κ1) is 24.1. The van der Waals surface area contributed by atoms with Crippen LogP contribution in [0.2, 0.25) is 0 Å². The van der Waals surface area contributed by atoms with Gasteiger partial charge in [-0.3, -0.25) is 14.5 Å². The third kappa shape index (κ3) is 6.01. The van der Waals surface area contributed by atoms with E-state index in [1.165, 1.54) is 0 Å². The molecule has 8 nitrogen and oxygen atoms in total. The highest BCUT2D eigenvalue weighted by Gasteiger charge is 2.48. The summed E-state index contributed by atoms with van der Waals surface area (Å²) >= 11 is 0. The molecular formula is C29H38N2O6. The maximum Gasteiger partial charge on any atom is 0.309 e. The van der Waals surface area contributed by atoms with Gasteiger partial charge < -0.3 is 24.2 Å². The monoisotopic (exact) mass is 512 g/mol. The number of rotatable bonds is 12. The Bertz CT molecular complexity index is 1150. The van der Waals surface area contributed by atoms with Crippen molar-refractivity contribution in [1.82, 2.24) is 9.80 Å². The Balaban J connectivity index is 1.68. The topological polar surface area (TPSA) is 88.5 Å². The minimum absolute atomic E-state index is 0.000849. The second-order valence-electron chi connectivity index (χ2n) is 9.70. The zero-order valence-electron chi connectivity index (χ0n) is 23.8. The fourth-order valence-corrected chi connectivity index (χ4v) is 5.29. The molecule has 1 amide bonds. The van der Waals surface area contributed by atoms with Crippen molar-refractivity contribution in [3.8, 4) is 17.2 Å². The van der Waals surface area contributed by atoms with Crippen LogP contribution in [0, 0.1) is 5.92 Å². The van der Waals surface area contributed by atoms with Gasteiger partial charge in [-0.1, -0.05) is 44.9 Å². The van der Waals surface area contributed by atoms with E-state index in [9.17, 15) is 14.7 Å². The summed E-state index contributed by atoms with van der Waals surface area (Å²) in [7, 11) is 1.58. The van der Waals surface area contributed by atoms with E-state index in [2.05, 4.69) is 13.8 Å². The third-order valence-corrected chi connectivity index (χ3v) is 7.29. The van der Waals surface area contributed by atoms with E-state index < -0.39 is 30.6 Å². The number of aliphatic carboxylic acids is 1. The molecule has 0 spiro atoms. The van der Waals surface area contributed by atoms with Crippen molar-refractivity contribution in [3.05, 3.63) is 53.6 Å². The van der Waals surface area contributed by atoms with E-state index in [4.69, 9.17) is 17.0 Å². The number of amides is 1. The maximum absolute atomic E-state index is 13.6. The number of unbranched alkanes of at least 4 members (excludes halogenated alkanes) is 2. The van der Waals surface area contributed by atoms with Gasteiger partial charge in [0.25, 0.3) is 0 Å². The molecule has 1 fully saturated rings. The summed E-state index contributed by atoms with van der Waals surface area (Å²) in [6.45, 7) is 3.76. The summed E-state index contributed by atoms with van der Waals surface area (Å²) in [6.07, 6.45) is 3.81. The fourth-order valence-electron chi connectivity index (χ4n) is 5.29. The van der Waals surface area contributed by atoms with Crippen molar-refractivity contribution in [2.24, 2.45) is 5.92 Å². The number of carboxylic acids is 1. The largest absolute Gasteiger partial charge is 0.497 e. The van der Waals surface area contributed by atoms with Crippen LogP contribution in [0.5, 0.6) is 17.2 Å². The zero-order valence-corrected chi connectivity index (χ0v) is 21.8. The highest BCUT2D eigenvalue weighted by molar-refractivity contribution is 5.79. The number of likely N-dealkylation sites (tertiary alicyclic amines) is 1. The smallest absolute Gasteiger partial charge is 0.309 e. The molecule has 37 heavy (non-hydrogen) atoms. The SMILES string of the molecule is [2H]C1([2H])Oc2ccc([C@H]3CN(CC(=O)N(CCCC)CCCC)[C@@H](c4ccc(OC)cc4)C3C(=O)O)cc2O1. The fraction of sp³-hybridized carbons (Fsp3) is 0.517. The van der Waals surface area contributed by atoms with E-state index in [1.54, 1.807) is 37.4 Å². The van der Waals surface area contributed by atoms with Gasteiger partial charge in [0.1, 0.15) is 8.49 Å². The lowest BCUT2D eigenvalue weighted by Crippen LogP contribution is -2.42. The van der Waals surface area contributed by atoms with Crippen molar-refractivity contribution < 1.29 is 31.6 Å². The van der Waals surface area contributed by atoms with Crippen LogP contribution < -0.4 is 14.2 Å². The molecule has 2 heterocycles. The van der Waals surface area contributed by atoms with Gasteiger partial charge in [-0.25, -0.2) is 0 Å². The van der Waals surface area contributed by atoms with Gasteiger partial charge >= 0.3 is 5.97 Å². The van der Waals surface area contributed by atoms with Crippen LogP contribution in [0.4, 0.5) is 0 Å². The van der Waals surface area contributed by atoms with Crippen LogP contribution in [0.1, 0.15) is 65.4 Å². The van der Waals surface area contributed by atoms with Gasteiger partial charge in [-0.15, -0.1) is 0 Å². The molecule has 2 aromatic rings. The van der Waals surface area contributed by atoms with Gasteiger partial charge in [0.05, 0.1) is 19.6 Å². The second kappa shape index (κ2) is 12.3. The molecule has 0 aromatic heterocycles. The lowest BCUT2D eigenvalue weighted by Gasteiger charge is -2.30. The molecule has 3 atom stereocenters. The molecule has 1 saturated heterocycles. The van der Waals surface area contributed by atoms with Crippen molar-refractivity contribution in [2.75, 3.05) is 40.0 Å². The molecule has 8 heteroatoms. The van der Waals surface area contributed by atoms with Gasteiger partial charge in [0.15, 0.2) is 11.5 Å². The van der Waals surface area contributed by atoms with Crippen LogP contribution in [-0.2, 0) is 9.59 Å². The molecule has 4 rings (SSSR count). The molecule has 1 unspecified atom stereocenters. The normalized spacial score (nSPS) is 22.8. The molecule has 2 aliphatic rings. The number of benzene rings is 2. The summed E-state index contributed by atoms with van der Waals surface area (Å²) in [4.78, 5) is 30.3. The average molecular weight is 513 g/mol. The number of carbonyl (C=O) groups is 2. The minimum Gasteiger partial charge on any atom is -0.497 e. The number of hydrogen-bond acceptors (Lipinski definition) is 6. The first-order chi connectivity index (χ1) is 18.7. The summed E-state index contributed by atoms with van der Waals surface area (Å²) in [6, 6.07) is 11.8. The summed E-state index contributed by atoms with van der Waals surface area (Å²) in [5, 5.41) is 10.5. The molecule has 0 aliphatic carbocycles. The predicted octanol–water partition coefficient (Wildman–Crippen LogP) is 4.69. The van der Waals surface area contributed by atoms with Gasteiger partial charge in [-0.2, -0.15) is 0 Å². The minimum atomic E-state index is -2.27. The Morgan fingerprint density at radius 1 is 1.05 bits per heavy atom. The first-order valence-electron chi connectivity index (χ1n) is 14.1. The Morgan fingerprint density at radius 2 is 1.70 bits per heavy atom. The van der Waals surface area contributed by atoms with Crippen LogP contribution in [0.25, 0.3) is 0 Å². The van der Waals surface area contributed by atoms with Crippen molar-refractivity contribution in [2.45, 2.75) is 51.5 Å². The first-order valence-corrected chi connectivity index (χ1v) is 13.1. The van der Waals surface area contributed by atoms with Crippen LogP contribution in [-0.4, -0.2) is 66.8 Å². The summed E-state index contributed by atoms with van der Waals surface area (Å²) in [5.41, 5.74) is 1.49. The van der Waals surface area contributed by atoms with Crippen LogP contribution in [0.3, 0.4) is 0 Å². The van der Waals surface area contributed by atoms with E-state index in [-0.39, 0.29) is 24.0 Å². The number of methoxy groups -OCH3 is 1. The average Bonchev–Trinajstić information content (AvgIpc) is 3.44. The Labute approximate surface area is 221 Å². The van der Waals surface area contributed by atoms with E-state index in [1.807, 2.05) is 21.9 Å². The Kier molecular flexibility index (Phi) is 8.02. The van der Waals surface area contributed by atoms with E-state index >= 15 is 0 Å². The number of hydrogen-bond donors (Lipinski definition) is 1. The molecule has 0 saturated carbocycles. The lowest BCUT2D eigenvalue weighted by molar-refractivity contribution is -0.144. The van der Waals surface area contributed by atoms with Gasteiger partial charge in [-0.05, 0) is 48.2 Å². The lowest BCUT2D eigenvalue weighted by atomic mass is 9.82. The molecule has 2 aromatic carbocycles. The number of fused-ring (bicyclic) bond motifs is 1. The predicted molar refractivity (Wildman–Crippen MR) is 140 cm³/mol. The summed E-state index contributed by atoms with van der Waals surface area (Å²) < 4.78 is 31.3.